The number of benzene rings is 10. The van der Waals surface area contributed by atoms with Crippen LogP contribution in [0.1, 0.15) is 18.7 Å². The van der Waals surface area contributed by atoms with Crippen LogP contribution in [0.5, 0.6) is 0 Å². The van der Waals surface area contributed by atoms with Crippen molar-refractivity contribution in [3.63, 3.8) is 0 Å². The van der Waals surface area contributed by atoms with E-state index in [-0.39, 0.29) is 23.8 Å². The van der Waals surface area contributed by atoms with Crippen LogP contribution in [0.3, 0.4) is 0 Å². The van der Waals surface area contributed by atoms with Gasteiger partial charge in [0.25, 0.3) is 0 Å². The van der Waals surface area contributed by atoms with Crippen molar-refractivity contribution >= 4 is 78.0 Å². The van der Waals surface area contributed by atoms with Gasteiger partial charge in [-0.05, 0) is 6.42 Å². The molecule has 1 aliphatic carbocycles. The fourth-order valence-electron chi connectivity index (χ4n) is 12.6. The molecule has 1 unspecified atom stereocenters. The average Bonchev–Trinajstić information content (AvgIpc) is 1.54. The number of para-hydroxylation sites is 4. The predicted octanol–water partition coefficient (Wildman–Crippen LogP) is 16.7. The van der Waals surface area contributed by atoms with E-state index >= 15 is 9.46 Å². The van der Waals surface area contributed by atoms with Crippen LogP contribution >= 0.6 is 15.2 Å². The van der Waals surface area contributed by atoms with Crippen LogP contribution < -0.4 is 29.3 Å². The second kappa shape index (κ2) is 25.0. The quantitative estimate of drug-likeness (QED) is 0.101. The molecular formula is C78H56N16O2P2. The number of allylic oxidation sites excluding steroid dienone is 4. The zero-order chi connectivity index (χ0) is 65.6. The topological polar surface area (TPSA) is 205 Å². The van der Waals surface area contributed by atoms with E-state index in [0.29, 0.717) is 80.0 Å². The SMILES string of the molecule is O=P1(c2ccc([PH]3(O)N(c4nc(-c5ccccc5)nc(-c5ccccc5)n4)c4ccccc4N3c3nc(-c4ccccc4)nc(-c4ccccc4)n3)cc2)N(c2nc(C3=CCCC=C3)nc(-c3ccccc3)n2)c2ccccc2N1c1nc(-c2ccccc2)nc(-c2ccccc2)n1. The van der Waals surface area contributed by atoms with Crippen molar-refractivity contribution in [2.24, 2.45) is 0 Å². The molecule has 0 saturated heterocycles. The fourth-order valence-corrected chi connectivity index (χ4v) is 18.5. The minimum atomic E-state index is -4.81. The van der Waals surface area contributed by atoms with E-state index in [2.05, 4.69) is 12.2 Å². The molecule has 6 heterocycles. The molecule has 0 bridgehead atoms. The predicted molar refractivity (Wildman–Crippen MR) is 389 cm³/mol. The molecule has 18 nitrogen and oxygen atoms in total. The van der Waals surface area contributed by atoms with Crippen molar-refractivity contribution in [3.05, 3.63) is 309 Å². The summed E-state index contributed by atoms with van der Waals surface area (Å²) in [6, 6.07) is 90.5. The molecule has 14 aromatic rings. The second-order valence-electron chi connectivity index (χ2n) is 23.3. The third-order valence-electron chi connectivity index (χ3n) is 17.2. The van der Waals surface area contributed by atoms with Crippen LogP contribution in [0, 0.1) is 0 Å². The normalized spacial score (nSPS) is 15.5. The summed E-state index contributed by atoms with van der Waals surface area (Å²) in [5.41, 5.74) is 8.08. The van der Waals surface area contributed by atoms with Gasteiger partial charge in [-0.3, -0.25) is 0 Å². The molecule has 0 fully saturated rings. The molecule has 0 amide bonds. The molecular weight excluding hydrogens is 1250 g/mol. The Morgan fingerprint density at radius 3 is 0.878 bits per heavy atom. The molecule has 2 aliphatic heterocycles. The summed E-state index contributed by atoms with van der Waals surface area (Å²) < 4.78 is 25.5. The van der Waals surface area contributed by atoms with Crippen LogP contribution in [0.25, 0.3) is 85.3 Å². The Labute approximate surface area is 564 Å². The van der Waals surface area contributed by atoms with E-state index in [9.17, 15) is 0 Å². The number of hydrogen-bond donors (Lipinski definition) is 1. The standard InChI is InChI=1S/C78H56N16O2P2/c95-97(91(75-83-67(53-29-9-1-10-30-53)79-68(84-75)54-31-11-2-12-32-54)63-45-25-26-46-64(63)92(97)76-85-69(55-33-13-3-14-34-55)80-70(86-76)56-35-15-4-16-36-56)61-49-51-62(52-50-61)98(96)93(77-87-71(57-37-17-5-18-38-57)81-72(88-77)58-39-19-6-20-40-58)65-47-27-28-48-66(65)94(98)78-89-73(59-41-21-7-22-42-59)82-74(90-78)60-43-23-8-24-44-60/h1-7,9-23,25-52,95,97H,8,24H2. The first-order valence-electron chi connectivity index (χ1n) is 32.0. The molecule has 4 aromatic heterocycles. The Balaban J connectivity index is 0.924. The van der Waals surface area contributed by atoms with Crippen LogP contribution in [-0.2, 0) is 4.57 Å². The summed E-state index contributed by atoms with van der Waals surface area (Å²) in [5.74, 6) is 3.56. The first-order valence-corrected chi connectivity index (χ1v) is 35.4. The zero-order valence-corrected chi connectivity index (χ0v) is 54.1. The molecule has 0 saturated carbocycles. The Morgan fingerprint density at radius 2 is 0.571 bits per heavy atom. The summed E-state index contributed by atoms with van der Waals surface area (Å²) in [6.45, 7) is 0. The van der Waals surface area contributed by atoms with E-state index < -0.39 is 15.2 Å². The maximum absolute atomic E-state index is 18.4. The number of nitrogens with zero attached hydrogens (tertiary/aromatic N) is 16. The van der Waals surface area contributed by atoms with Crippen LogP contribution in [0.15, 0.2) is 303 Å². The molecule has 470 valence electrons. The van der Waals surface area contributed by atoms with Gasteiger partial charge in [0.2, 0.25) is 0 Å². The van der Waals surface area contributed by atoms with Crippen molar-refractivity contribution in [2.45, 2.75) is 12.8 Å². The van der Waals surface area contributed by atoms with E-state index in [4.69, 9.17) is 59.8 Å². The monoisotopic (exact) mass is 1310 g/mol. The molecule has 17 rings (SSSR count). The van der Waals surface area contributed by atoms with Crippen molar-refractivity contribution in [1.82, 2.24) is 59.8 Å². The minimum absolute atomic E-state index is 0.101. The Bertz CT molecular complexity index is 5100. The molecule has 98 heavy (non-hydrogen) atoms. The molecule has 1 atom stereocenters. The molecule has 10 aromatic carbocycles. The molecule has 20 heteroatoms. The summed E-state index contributed by atoms with van der Waals surface area (Å²) in [4.78, 5) is 78.0. The average molecular weight is 1310 g/mol. The van der Waals surface area contributed by atoms with E-state index in [1.807, 2.05) is 288 Å². The first kappa shape index (κ1) is 59.3. The van der Waals surface area contributed by atoms with Crippen LogP contribution in [0.4, 0.5) is 46.5 Å². The van der Waals surface area contributed by atoms with Crippen molar-refractivity contribution in [3.8, 4) is 79.7 Å². The number of anilines is 8. The van der Waals surface area contributed by atoms with Crippen LogP contribution in [0.2, 0.25) is 0 Å². The Morgan fingerprint density at radius 1 is 0.296 bits per heavy atom. The van der Waals surface area contributed by atoms with E-state index in [0.717, 1.165) is 57.4 Å². The van der Waals surface area contributed by atoms with Gasteiger partial charge in [0.05, 0.1) is 0 Å². The van der Waals surface area contributed by atoms with E-state index in [1.165, 1.54) is 0 Å². The van der Waals surface area contributed by atoms with Gasteiger partial charge in [-0.1, -0.05) is 18.2 Å². The van der Waals surface area contributed by atoms with Crippen LogP contribution in [-0.4, -0.2) is 64.7 Å². The fraction of sp³-hybridized carbons (Fsp3) is 0.0256. The summed E-state index contributed by atoms with van der Waals surface area (Å²) >= 11 is 0. The Hall–Kier alpha value is -12.5. The third-order valence-corrected chi connectivity index (χ3v) is 23.3. The molecule has 1 N–H and O–H groups in total. The number of aromatic nitrogens is 12. The van der Waals surface area contributed by atoms with Gasteiger partial charge in [-0.15, -0.1) is 0 Å². The first-order chi connectivity index (χ1) is 48.3. The van der Waals surface area contributed by atoms with Crippen molar-refractivity contribution in [1.29, 1.82) is 0 Å². The molecule has 0 radical (unpaired) electrons. The van der Waals surface area contributed by atoms with Crippen molar-refractivity contribution in [2.75, 3.05) is 18.7 Å². The van der Waals surface area contributed by atoms with Gasteiger partial charge >= 0.3 is 543 Å². The van der Waals surface area contributed by atoms with Gasteiger partial charge < -0.3 is 0 Å². The number of rotatable bonds is 14. The van der Waals surface area contributed by atoms with Gasteiger partial charge in [0.15, 0.2) is 0 Å². The number of hydrogen-bond acceptors (Lipinski definition) is 16. The third kappa shape index (κ3) is 10.6. The Kier molecular flexibility index (Phi) is 15.1. The van der Waals surface area contributed by atoms with Gasteiger partial charge in [0.1, 0.15) is 0 Å². The maximum atomic E-state index is 18.4. The molecule has 0 spiro atoms. The number of fused-ring (bicyclic) bond motifs is 2. The zero-order valence-electron chi connectivity index (χ0n) is 52.2. The summed E-state index contributed by atoms with van der Waals surface area (Å²) in [7, 11) is -9.35. The van der Waals surface area contributed by atoms with Gasteiger partial charge in [0, 0.05) is 0 Å². The second-order valence-corrected chi connectivity index (χ2v) is 28.5. The summed E-state index contributed by atoms with van der Waals surface area (Å²) in [6.07, 6.45) is 7.89. The van der Waals surface area contributed by atoms with E-state index in [1.54, 1.807) is 21.5 Å². The van der Waals surface area contributed by atoms with Gasteiger partial charge in [-0.25, -0.2) is 0 Å². The van der Waals surface area contributed by atoms with Crippen molar-refractivity contribution < 1.29 is 9.46 Å². The van der Waals surface area contributed by atoms with Gasteiger partial charge in [-0.2, -0.15) is 0 Å². The summed E-state index contributed by atoms with van der Waals surface area (Å²) in [5, 5.41) is 0.717. The molecule has 3 aliphatic rings.